The van der Waals surface area contributed by atoms with Crippen molar-refractivity contribution in [1.82, 2.24) is 5.32 Å². The quantitative estimate of drug-likeness (QED) is 0.744. The van der Waals surface area contributed by atoms with Crippen molar-refractivity contribution in [3.8, 4) is 0 Å². The van der Waals surface area contributed by atoms with E-state index in [1.165, 1.54) is 24.0 Å². The molecule has 0 radical (unpaired) electrons. The number of aliphatic hydroxyl groups excluding tert-OH is 1. The van der Waals surface area contributed by atoms with Crippen LogP contribution in [0.2, 0.25) is 0 Å². The van der Waals surface area contributed by atoms with Gasteiger partial charge in [0.15, 0.2) is 0 Å². The Morgan fingerprint density at radius 1 is 1.30 bits per heavy atom. The second-order valence-corrected chi connectivity index (χ2v) is 5.47. The smallest absolute Gasteiger partial charge is 0.317 e. The highest BCUT2D eigenvalue weighted by molar-refractivity contribution is 5.69. The van der Waals surface area contributed by atoms with Gasteiger partial charge in [0.05, 0.1) is 12.6 Å². The van der Waals surface area contributed by atoms with Gasteiger partial charge >= 0.3 is 5.97 Å². The van der Waals surface area contributed by atoms with E-state index >= 15 is 0 Å². The summed E-state index contributed by atoms with van der Waals surface area (Å²) in [4.78, 5) is 10.6. The average molecular weight is 277 g/mol. The molecule has 0 aliphatic heterocycles. The van der Waals surface area contributed by atoms with Crippen molar-refractivity contribution in [3.05, 3.63) is 34.9 Å². The molecule has 1 aromatic rings. The molecule has 110 valence electrons. The lowest BCUT2D eigenvalue weighted by Crippen LogP contribution is -2.37. The van der Waals surface area contributed by atoms with Crippen LogP contribution in [0.5, 0.6) is 0 Å². The van der Waals surface area contributed by atoms with Crippen molar-refractivity contribution >= 4 is 5.97 Å². The lowest BCUT2D eigenvalue weighted by molar-refractivity contribution is -0.136. The van der Waals surface area contributed by atoms with E-state index in [2.05, 4.69) is 17.4 Å². The van der Waals surface area contributed by atoms with Crippen LogP contribution in [-0.4, -0.2) is 28.8 Å². The maximum atomic E-state index is 10.6. The SMILES string of the molecule is CCC(NCC(=O)O)C(O)c1ccc2c(c1)CCCC2. The van der Waals surface area contributed by atoms with Crippen molar-refractivity contribution in [2.24, 2.45) is 0 Å². The zero-order valence-electron chi connectivity index (χ0n) is 11.9. The molecule has 2 unspecified atom stereocenters. The Balaban J connectivity index is 2.10. The van der Waals surface area contributed by atoms with Crippen LogP contribution in [0.1, 0.15) is 49.0 Å². The maximum Gasteiger partial charge on any atom is 0.317 e. The summed E-state index contributed by atoms with van der Waals surface area (Å²) in [5.41, 5.74) is 3.61. The summed E-state index contributed by atoms with van der Waals surface area (Å²) in [6.45, 7) is 1.82. The summed E-state index contributed by atoms with van der Waals surface area (Å²) in [7, 11) is 0. The van der Waals surface area contributed by atoms with Gasteiger partial charge in [0.2, 0.25) is 0 Å². The molecule has 0 spiro atoms. The number of aliphatic hydroxyl groups is 1. The third-order valence-corrected chi connectivity index (χ3v) is 4.05. The minimum absolute atomic E-state index is 0.124. The van der Waals surface area contributed by atoms with E-state index in [0.717, 1.165) is 18.4 Å². The van der Waals surface area contributed by atoms with Gasteiger partial charge in [-0.25, -0.2) is 0 Å². The Hall–Kier alpha value is -1.39. The van der Waals surface area contributed by atoms with Crippen LogP contribution in [0.3, 0.4) is 0 Å². The van der Waals surface area contributed by atoms with Crippen molar-refractivity contribution in [2.75, 3.05) is 6.54 Å². The number of aryl methyl sites for hydroxylation is 2. The van der Waals surface area contributed by atoms with Crippen molar-refractivity contribution < 1.29 is 15.0 Å². The number of carboxylic acids is 1. The number of benzene rings is 1. The van der Waals surface area contributed by atoms with Crippen LogP contribution < -0.4 is 5.32 Å². The van der Waals surface area contributed by atoms with Crippen LogP contribution in [-0.2, 0) is 17.6 Å². The summed E-state index contributed by atoms with van der Waals surface area (Å²) >= 11 is 0. The van der Waals surface area contributed by atoms with E-state index < -0.39 is 12.1 Å². The van der Waals surface area contributed by atoms with E-state index in [-0.39, 0.29) is 12.6 Å². The Bertz CT molecular complexity index is 473. The zero-order valence-corrected chi connectivity index (χ0v) is 11.9. The highest BCUT2D eigenvalue weighted by atomic mass is 16.4. The summed E-state index contributed by atoms with van der Waals surface area (Å²) < 4.78 is 0. The summed E-state index contributed by atoms with van der Waals surface area (Å²) in [6.07, 6.45) is 4.68. The summed E-state index contributed by atoms with van der Waals surface area (Å²) in [5, 5.41) is 22.1. The van der Waals surface area contributed by atoms with Crippen LogP contribution >= 0.6 is 0 Å². The molecule has 1 aliphatic rings. The van der Waals surface area contributed by atoms with Crippen LogP contribution in [0.4, 0.5) is 0 Å². The molecule has 0 heterocycles. The number of hydrogen-bond acceptors (Lipinski definition) is 3. The van der Waals surface area contributed by atoms with Crippen LogP contribution in [0, 0.1) is 0 Å². The number of carbonyl (C=O) groups is 1. The molecule has 1 aromatic carbocycles. The molecule has 3 N–H and O–H groups in total. The Labute approximate surface area is 119 Å². The molecule has 0 aromatic heterocycles. The number of fused-ring (bicyclic) bond motifs is 1. The molecule has 2 rings (SSSR count). The minimum Gasteiger partial charge on any atom is -0.480 e. The first kappa shape index (κ1) is 15.0. The van der Waals surface area contributed by atoms with E-state index in [0.29, 0.717) is 6.42 Å². The van der Waals surface area contributed by atoms with E-state index in [1.54, 1.807) is 0 Å². The molecule has 4 nitrogen and oxygen atoms in total. The van der Waals surface area contributed by atoms with Gasteiger partial charge in [-0.15, -0.1) is 0 Å². The summed E-state index contributed by atoms with van der Waals surface area (Å²) in [6, 6.07) is 5.94. The second kappa shape index (κ2) is 6.86. The third kappa shape index (κ3) is 3.58. The summed E-state index contributed by atoms with van der Waals surface area (Å²) in [5.74, 6) is -0.902. The molecule has 20 heavy (non-hydrogen) atoms. The van der Waals surface area contributed by atoms with Gasteiger partial charge in [-0.05, 0) is 48.8 Å². The molecule has 0 bridgehead atoms. The second-order valence-electron chi connectivity index (χ2n) is 5.47. The Kier molecular flexibility index (Phi) is 5.15. The predicted molar refractivity (Wildman–Crippen MR) is 77.8 cm³/mol. The van der Waals surface area contributed by atoms with Gasteiger partial charge in [0, 0.05) is 6.04 Å². The topological polar surface area (TPSA) is 69.6 Å². The molecule has 0 fully saturated rings. The fourth-order valence-corrected chi connectivity index (χ4v) is 2.87. The third-order valence-electron chi connectivity index (χ3n) is 4.05. The molecular weight excluding hydrogens is 254 g/mol. The largest absolute Gasteiger partial charge is 0.480 e. The van der Waals surface area contributed by atoms with Gasteiger partial charge in [0.1, 0.15) is 0 Å². The first-order chi connectivity index (χ1) is 9.61. The van der Waals surface area contributed by atoms with Gasteiger partial charge in [0.25, 0.3) is 0 Å². The van der Waals surface area contributed by atoms with Crippen LogP contribution in [0.15, 0.2) is 18.2 Å². The van der Waals surface area contributed by atoms with Gasteiger partial charge in [-0.3, -0.25) is 4.79 Å². The van der Waals surface area contributed by atoms with Crippen molar-refractivity contribution in [2.45, 2.75) is 51.2 Å². The van der Waals surface area contributed by atoms with E-state index in [9.17, 15) is 9.90 Å². The van der Waals surface area contributed by atoms with Crippen molar-refractivity contribution in [3.63, 3.8) is 0 Å². The van der Waals surface area contributed by atoms with Crippen LogP contribution in [0.25, 0.3) is 0 Å². The highest BCUT2D eigenvalue weighted by Crippen LogP contribution is 2.26. The zero-order chi connectivity index (χ0) is 14.5. The standard InChI is InChI=1S/C16H23NO3/c1-2-14(17-10-15(18)19)16(20)13-8-7-11-5-3-4-6-12(11)9-13/h7-9,14,16-17,20H,2-6,10H2,1H3,(H,18,19). The number of aliphatic carboxylic acids is 1. The van der Waals surface area contributed by atoms with E-state index in [4.69, 9.17) is 5.11 Å². The van der Waals surface area contributed by atoms with Gasteiger partial charge < -0.3 is 15.5 Å². The molecule has 0 saturated carbocycles. The highest BCUT2D eigenvalue weighted by Gasteiger charge is 2.21. The normalized spacial score (nSPS) is 17.3. The Morgan fingerprint density at radius 3 is 2.65 bits per heavy atom. The molecule has 4 heteroatoms. The van der Waals surface area contributed by atoms with E-state index in [1.807, 2.05) is 13.0 Å². The average Bonchev–Trinajstić information content (AvgIpc) is 2.47. The minimum atomic E-state index is -0.902. The molecule has 0 amide bonds. The molecular formula is C16H23NO3. The first-order valence-corrected chi connectivity index (χ1v) is 7.36. The molecule has 1 aliphatic carbocycles. The predicted octanol–water partition coefficient (Wildman–Crippen LogP) is 2.05. The lowest BCUT2D eigenvalue weighted by atomic mass is 9.88. The van der Waals surface area contributed by atoms with Gasteiger partial charge in [-0.2, -0.15) is 0 Å². The molecule has 0 saturated heterocycles. The monoisotopic (exact) mass is 277 g/mol. The Morgan fingerprint density at radius 2 is 2.00 bits per heavy atom. The van der Waals surface area contributed by atoms with Gasteiger partial charge in [-0.1, -0.05) is 25.1 Å². The number of rotatable bonds is 6. The number of carboxylic acid groups (broad SMARTS) is 1. The molecule has 2 atom stereocenters. The van der Waals surface area contributed by atoms with Crippen molar-refractivity contribution in [1.29, 1.82) is 0 Å². The fourth-order valence-electron chi connectivity index (χ4n) is 2.87. The number of nitrogens with one attached hydrogen (secondary N) is 1. The lowest BCUT2D eigenvalue weighted by Gasteiger charge is -2.24. The number of hydrogen-bond donors (Lipinski definition) is 3. The maximum absolute atomic E-state index is 10.6. The fraction of sp³-hybridized carbons (Fsp3) is 0.562. The first-order valence-electron chi connectivity index (χ1n) is 7.36.